The van der Waals surface area contributed by atoms with Crippen LogP contribution in [0.15, 0.2) is 17.1 Å². The fraction of sp³-hybridized carbons (Fsp3) is 0.562. The lowest BCUT2D eigenvalue weighted by molar-refractivity contribution is 0.254. The Hall–Kier alpha value is -1.18. The molecular weight excluding hydrogens is 393 g/mol. The monoisotopic (exact) mass is 419 g/mol. The first kappa shape index (κ1) is 18.9. The molecular formula is C16H26IN3O2. The minimum Gasteiger partial charge on any atom is -0.496 e. The van der Waals surface area contributed by atoms with Crippen molar-refractivity contribution in [3.8, 4) is 11.5 Å². The topological polar surface area (TPSA) is 60.1 Å². The molecule has 2 N–H and O–H groups in total. The normalized spacial score (nSPS) is 16.5. The van der Waals surface area contributed by atoms with Crippen LogP contribution in [-0.4, -0.2) is 37.2 Å². The maximum Gasteiger partial charge on any atom is 0.191 e. The summed E-state index contributed by atoms with van der Waals surface area (Å²) in [5, 5.41) is 0. The molecule has 0 radical (unpaired) electrons. The number of hydrogen-bond acceptors (Lipinski definition) is 3. The van der Waals surface area contributed by atoms with E-state index in [-0.39, 0.29) is 30.1 Å². The number of halogens is 1. The van der Waals surface area contributed by atoms with Gasteiger partial charge in [0.05, 0.1) is 13.7 Å². The van der Waals surface area contributed by atoms with Crippen LogP contribution in [0.2, 0.25) is 0 Å². The minimum absolute atomic E-state index is 0. The van der Waals surface area contributed by atoms with Crippen molar-refractivity contribution >= 4 is 29.9 Å². The Morgan fingerprint density at radius 3 is 2.68 bits per heavy atom. The predicted molar refractivity (Wildman–Crippen MR) is 100 cm³/mol. The summed E-state index contributed by atoms with van der Waals surface area (Å²) in [6.45, 7) is 8.41. The van der Waals surface area contributed by atoms with Crippen LogP contribution in [0.1, 0.15) is 31.9 Å². The second kappa shape index (κ2) is 8.45. The lowest BCUT2D eigenvalue weighted by Gasteiger charge is -2.19. The molecule has 124 valence electrons. The number of guanidine groups is 1. The summed E-state index contributed by atoms with van der Waals surface area (Å²) < 4.78 is 11.3. The van der Waals surface area contributed by atoms with Crippen molar-refractivity contribution in [1.82, 2.24) is 4.90 Å². The molecule has 0 bridgehead atoms. The largest absolute Gasteiger partial charge is 0.496 e. The number of methoxy groups -OCH3 is 1. The molecule has 0 aliphatic carbocycles. The molecule has 0 fully saturated rings. The Labute approximate surface area is 149 Å². The molecule has 1 heterocycles. The van der Waals surface area contributed by atoms with E-state index in [0.29, 0.717) is 12.5 Å². The fourth-order valence-electron chi connectivity index (χ4n) is 2.61. The van der Waals surface area contributed by atoms with Crippen LogP contribution in [0.25, 0.3) is 0 Å². The molecule has 1 atom stereocenters. The van der Waals surface area contributed by atoms with Gasteiger partial charge >= 0.3 is 0 Å². The van der Waals surface area contributed by atoms with Crippen LogP contribution in [0.3, 0.4) is 0 Å². The molecule has 1 aliphatic heterocycles. The Morgan fingerprint density at radius 2 is 2.09 bits per heavy atom. The van der Waals surface area contributed by atoms with E-state index in [1.54, 1.807) is 7.11 Å². The first-order chi connectivity index (χ1) is 10.1. The average Bonchev–Trinajstić information content (AvgIpc) is 2.84. The zero-order valence-corrected chi connectivity index (χ0v) is 16.1. The van der Waals surface area contributed by atoms with Crippen molar-refractivity contribution in [1.29, 1.82) is 0 Å². The molecule has 0 amide bonds. The van der Waals surface area contributed by atoms with Gasteiger partial charge in [0.1, 0.15) is 17.6 Å². The van der Waals surface area contributed by atoms with Gasteiger partial charge in [-0.1, -0.05) is 0 Å². The van der Waals surface area contributed by atoms with Gasteiger partial charge in [-0.2, -0.15) is 0 Å². The van der Waals surface area contributed by atoms with Gasteiger partial charge < -0.3 is 20.1 Å². The fourth-order valence-corrected chi connectivity index (χ4v) is 2.61. The summed E-state index contributed by atoms with van der Waals surface area (Å²) in [5.41, 5.74) is 8.22. The Balaban J connectivity index is 0.00000242. The van der Waals surface area contributed by atoms with Crippen molar-refractivity contribution in [2.24, 2.45) is 10.7 Å². The zero-order chi connectivity index (χ0) is 15.4. The predicted octanol–water partition coefficient (Wildman–Crippen LogP) is 2.79. The third-order valence-electron chi connectivity index (χ3n) is 3.80. The molecule has 0 aromatic heterocycles. The van der Waals surface area contributed by atoms with Gasteiger partial charge in [-0.25, -0.2) is 4.99 Å². The summed E-state index contributed by atoms with van der Waals surface area (Å²) in [4.78, 5) is 6.50. The smallest absolute Gasteiger partial charge is 0.191 e. The van der Waals surface area contributed by atoms with Crippen molar-refractivity contribution in [2.45, 2.75) is 39.8 Å². The van der Waals surface area contributed by atoms with Gasteiger partial charge in [-0.15, -0.1) is 24.0 Å². The second-order valence-corrected chi connectivity index (χ2v) is 5.25. The Kier molecular flexibility index (Phi) is 7.25. The second-order valence-electron chi connectivity index (χ2n) is 5.25. The number of fused-ring (bicyclic) bond motifs is 1. The molecule has 1 aromatic rings. The lowest BCUT2D eigenvalue weighted by atomic mass is 10.1. The van der Waals surface area contributed by atoms with Crippen LogP contribution in [-0.2, 0) is 13.0 Å². The van der Waals surface area contributed by atoms with Crippen LogP contribution < -0.4 is 15.2 Å². The van der Waals surface area contributed by atoms with Gasteiger partial charge in [0.15, 0.2) is 5.96 Å². The number of nitrogens with zero attached hydrogens (tertiary/aromatic N) is 2. The van der Waals surface area contributed by atoms with Crippen molar-refractivity contribution in [2.75, 3.05) is 20.2 Å². The summed E-state index contributed by atoms with van der Waals surface area (Å²) in [5.74, 6) is 2.36. The molecule has 1 aliphatic rings. The number of benzene rings is 1. The summed E-state index contributed by atoms with van der Waals surface area (Å²) >= 11 is 0. The lowest BCUT2D eigenvalue weighted by Crippen LogP contribution is -2.37. The van der Waals surface area contributed by atoms with Gasteiger partial charge in [0.25, 0.3) is 0 Å². The van der Waals surface area contributed by atoms with Crippen LogP contribution >= 0.6 is 24.0 Å². The maximum absolute atomic E-state index is 6.02. The van der Waals surface area contributed by atoms with Gasteiger partial charge in [0.2, 0.25) is 0 Å². The van der Waals surface area contributed by atoms with E-state index in [1.807, 2.05) is 11.0 Å². The number of rotatable bonds is 5. The quantitative estimate of drug-likeness (QED) is 0.453. The molecule has 5 nitrogen and oxygen atoms in total. The van der Waals surface area contributed by atoms with Gasteiger partial charge in [-0.05, 0) is 32.9 Å². The van der Waals surface area contributed by atoms with Crippen molar-refractivity contribution in [3.63, 3.8) is 0 Å². The summed E-state index contributed by atoms with van der Waals surface area (Å²) in [6.07, 6.45) is 1.15. The molecule has 0 saturated carbocycles. The molecule has 0 saturated heterocycles. The van der Waals surface area contributed by atoms with Gasteiger partial charge in [-0.3, -0.25) is 0 Å². The van der Waals surface area contributed by atoms with Crippen LogP contribution in [0.5, 0.6) is 11.5 Å². The third kappa shape index (κ3) is 4.18. The molecule has 1 aromatic carbocycles. The number of ether oxygens (including phenoxy) is 2. The van der Waals surface area contributed by atoms with Crippen molar-refractivity contribution in [3.05, 3.63) is 23.3 Å². The first-order valence-electron chi connectivity index (χ1n) is 7.50. The van der Waals surface area contributed by atoms with Crippen LogP contribution in [0, 0.1) is 0 Å². The van der Waals surface area contributed by atoms with E-state index < -0.39 is 0 Å². The van der Waals surface area contributed by atoms with Gasteiger partial charge in [0, 0.05) is 30.6 Å². The highest BCUT2D eigenvalue weighted by Gasteiger charge is 2.21. The van der Waals surface area contributed by atoms with E-state index in [2.05, 4.69) is 31.8 Å². The molecule has 0 spiro atoms. The SMILES string of the molecule is CCN(CC)C(N)=NCc1cc2c(cc1OC)CC(C)O2.I. The first-order valence-corrected chi connectivity index (χ1v) is 7.50. The van der Waals surface area contributed by atoms with E-state index >= 15 is 0 Å². The van der Waals surface area contributed by atoms with Crippen molar-refractivity contribution < 1.29 is 9.47 Å². The standard InChI is InChI=1S/C16H25N3O2.HI/c1-5-19(6-2)16(17)18-10-13-9-15-12(7-11(3)21-15)8-14(13)20-4;/h8-9,11H,5-7,10H2,1-4H3,(H2,17,18);1H. The number of hydrogen-bond donors (Lipinski definition) is 1. The third-order valence-corrected chi connectivity index (χ3v) is 3.80. The van der Waals surface area contributed by atoms with E-state index in [0.717, 1.165) is 36.6 Å². The van der Waals surface area contributed by atoms with E-state index in [4.69, 9.17) is 15.2 Å². The zero-order valence-electron chi connectivity index (χ0n) is 13.8. The van der Waals surface area contributed by atoms with Crippen LogP contribution in [0.4, 0.5) is 0 Å². The van der Waals surface area contributed by atoms with E-state index in [1.165, 1.54) is 5.56 Å². The number of aliphatic imine (C=N–C) groups is 1. The highest BCUT2D eigenvalue weighted by molar-refractivity contribution is 14.0. The maximum atomic E-state index is 6.02. The Morgan fingerprint density at radius 1 is 1.41 bits per heavy atom. The number of nitrogens with two attached hydrogens (primary N) is 1. The molecule has 2 rings (SSSR count). The molecule has 6 heteroatoms. The summed E-state index contributed by atoms with van der Waals surface area (Å²) in [7, 11) is 1.68. The molecule has 1 unspecified atom stereocenters. The highest BCUT2D eigenvalue weighted by atomic mass is 127. The van der Waals surface area contributed by atoms with E-state index in [9.17, 15) is 0 Å². The summed E-state index contributed by atoms with van der Waals surface area (Å²) in [6, 6.07) is 4.08. The molecule has 22 heavy (non-hydrogen) atoms. The highest BCUT2D eigenvalue weighted by Crippen LogP contribution is 2.35. The average molecular weight is 419 g/mol. The Bertz CT molecular complexity index is 530. The minimum atomic E-state index is 0.